The molecule has 0 amide bonds. The molecule has 0 unspecified atom stereocenters. The van der Waals surface area contributed by atoms with Gasteiger partial charge in [-0.15, -0.1) is 0 Å². The number of esters is 3. The predicted octanol–water partition coefficient (Wildman–Crippen LogP) is 20.3. The number of hydrogen-bond acceptors (Lipinski definition) is 6. The van der Waals surface area contributed by atoms with Gasteiger partial charge in [-0.1, -0.05) is 259 Å². The van der Waals surface area contributed by atoms with E-state index in [0.29, 0.717) is 19.3 Å². The van der Waals surface area contributed by atoms with E-state index < -0.39 is 6.10 Å². The second-order valence-electron chi connectivity index (χ2n) is 19.5. The Balaban J connectivity index is 4.52. The van der Waals surface area contributed by atoms with E-state index in [2.05, 4.69) is 130 Å². The van der Waals surface area contributed by atoms with Crippen LogP contribution in [0.3, 0.4) is 0 Å². The summed E-state index contributed by atoms with van der Waals surface area (Å²) in [4.78, 5) is 38.2. The van der Waals surface area contributed by atoms with E-state index in [-0.39, 0.29) is 37.5 Å². The Morgan fingerprint density at radius 1 is 0.292 bits per heavy atom. The Labute approximate surface area is 444 Å². The van der Waals surface area contributed by atoms with Crippen molar-refractivity contribution < 1.29 is 28.6 Å². The fraction of sp³-hybridized carbons (Fsp3) is 0.682. The molecule has 0 saturated heterocycles. The van der Waals surface area contributed by atoms with Gasteiger partial charge in [-0.05, 0) is 103 Å². The monoisotopic (exact) mass is 999 g/mol. The average Bonchev–Trinajstić information content (AvgIpc) is 3.38. The van der Waals surface area contributed by atoms with Gasteiger partial charge in [0, 0.05) is 19.3 Å². The molecule has 0 aliphatic rings. The molecular formula is C66H110O6. The van der Waals surface area contributed by atoms with Gasteiger partial charge >= 0.3 is 17.9 Å². The van der Waals surface area contributed by atoms with Crippen molar-refractivity contribution in [1.82, 2.24) is 0 Å². The molecule has 0 spiro atoms. The van der Waals surface area contributed by atoms with E-state index in [4.69, 9.17) is 14.2 Å². The van der Waals surface area contributed by atoms with Gasteiger partial charge in [0.25, 0.3) is 0 Å². The summed E-state index contributed by atoms with van der Waals surface area (Å²) >= 11 is 0. The number of carbonyl (C=O) groups is 3. The van der Waals surface area contributed by atoms with Crippen molar-refractivity contribution in [1.29, 1.82) is 0 Å². The molecule has 6 heteroatoms. The van der Waals surface area contributed by atoms with Crippen molar-refractivity contribution in [3.8, 4) is 0 Å². The summed E-state index contributed by atoms with van der Waals surface area (Å²) in [6.45, 7) is 6.44. The maximum absolute atomic E-state index is 12.9. The Hall–Kier alpha value is -3.93. The third-order valence-corrected chi connectivity index (χ3v) is 12.5. The summed E-state index contributed by atoms with van der Waals surface area (Å²) in [5.74, 6) is -0.994. The lowest BCUT2D eigenvalue weighted by Gasteiger charge is -2.18. The minimum absolute atomic E-state index is 0.112. The minimum atomic E-state index is -0.815. The molecule has 0 N–H and O–H groups in total. The Morgan fingerprint density at radius 3 is 0.931 bits per heavy atom. The highest BCUT2D eigenvalue weighted by atomic mass is 16.6. The van der Waals surface area contributed by atoms with Crippen LogP contribution in [0.25, 0.3) is 0 Å². The second-order valence-corrected chi connectivity index (χ2v) is 19.5. The highest BCUT2D eigenvalue weighted by Gasteiger charge is 2.19. The molecule has 0 saturated carbocycles. The molecule has 1 atom stereocenters. The number of unbranched alkanes of at least 4 members (excludes halogenated alkanes) is 24. The molecule has 0 aromatic heterocycles. The summed E-state index contributed by atoms with van der Waals surface area (Å²) in [7, 11) is 0. The highest BCUT2D eigenvalue weighted by Crippen LogP contribution is 2.16. The summed E-state index contributed by atoms with van der Waals surface area (Å²) < 4.78 is 16.8. The van der Waals surface area contributed by atoms with Crippen LogP contribution >= 0.6 is 0 Å². The first-order chi connectivity index (χ1) is 35.5. The number of carbonyl (C=O) groups excluding carboxylic acids is 3. The largest absolute Gasteiger partial charge is 0.462 e. The maximum atomic E-state index is 12.9. The van der Waals surface area contributed by atoms with Gasteiger partial charge in [0.05, 0.1) is 0 Å². The molecule has 410 valence electrons. The van der Waals surface area contributed by atoms with Gasteiger partial charge in [-0.25, -0.2) is 0 Å². The Bertz CT molecular complexity index is 1470. The van der Waals surface area contributed by atoms with Crippen molar-refractivity contribution in [2.75, 3.05) is 13.2 Å². The number of ether oxygens (including phenoxy) is 3. The quantitative estimate of drug-likeness (QED) is 0.0261. The van der Waals surface area contributed by atoms with Crippen LogP contribution in [0.4, 0.5) is 0 Å². The molecular weight excluding hydrogens is 889 g/mol. The molecule has 0 bridgehead atoms. The SMILES string of the molecule is CC/C=C/C/C=C/C/C=C/C/C=C/C/C=C/CCCC(=O)OC[C@H](COC(=O)CCCCC/C=C/C/C=C/C/C=C/C/C=C/CCCCC)OC(=O)CCCCCCCCCCCCCCCCCCCC. The second kappa shape index (κ2) is 59.6. The maximum Gasteiger partial charge on any atom is 0.306 e. The third kappa shape index (κ3) is 57.0. The molecule has 72 heavy (non-hydrogen) atoms. The summed E-state index contributed by atoms with van der Waals surface area (Å²) in [6, 6.07) is 0. The zero-order valence-electron chi connectivity index (χ0n) is 46.9. The van der Waals surface area contributed by atoms with E-state index >= 15 is 0 Å². The van der Waals surface area contributed by atoms with Crippen LogP contribution in [-0.2, 0) is 28.6 Å². The van der Waals surface area contributed by atoms with Crippen molar-refractivity contribution in [2.24, 2.45) is 0 Å². The van der Waals surface area contributed by atoms with Crippen molar-refractivity contribution >= 4 is 17.9 Å². The molecule has 0 aliphatic heterocycles. The molecule has 0 aromatic rings. The van der Waals surface area contributed by atoms with Gasteiger partial charge < -0.3 is 14.2 Å². The predicted molar refractivity (Wildman–Crippen MR) is 311 cm³/mol. The van der Waals surface area contributed by atoms with E-state index in [0.717, 1.165) is 103 Å². The van der Waals surface area contributed by atoms with Crippen LogP contribution in [0.5, 0.6) is 0 Å². The Kier molecular flexibility index (Phi) is 56.4. The van der Waals surface area contributed by atoms with Crippen molar-refractivity contribution in [3.05, 3.63) is 109 Å². The zero-order valence-corrected chi connectivity index (χ0v) is 46.9. The van der Waals surface area contributed by atoms with Crippen LogP contribution < -0.4 is 0 Å². The molecule has 0 heterocycles. The fourth-order valence-corrected chi connectivity index (χ4v) is 8.05. The smallest absolute Gasteiger partial charge is 0.306 e. The first-order valence-corrected chi connectivity index (χ1v) is 29.9. The summed E-state index contributed by atoms with van der Waals surface area (Å²) in [6.07, 6.45) is 80.9. The number of rotatable bonds is 53. The van der Waals surface area contributed by atoms with Gasteiger partial charge in [-0.3, -0.25) is 14.4 Å². The molecule has 0 aromatic carbocycles. The molecule has 0 rings (SSSR count). The van der Waals surface area contributed by atoms with Gasteiger partial charge in [0.1, 0.15) is 13.2 Å². The number of allylic oxidation sites excluding steroid dienone is 18. The first kappa shape index (κ1) is 68.1. The lowest BCUT2D eigenvalue weighted by atomic mass is 10.0. The standard InChI is InChI=1S/C66H110O6/c1-4-7-10-13-16-19-22-25-28-31-33-36-38-41-44-47-50-53-56-59-65(68)71-62-63(61-70-64(67)58-55-52-49-46-43-40-37-34-30-27-24-21-18-15-12-9-6-3)72-66(69)60-57-54-51-48-45-42-39-35-32-29-26-23-20-17-14-11-8-5-2/h9,12,16,18-19,21,25,27-28,30,33,36-37,40-41,44,46,49,63H,4-8,10-11,13-15,17,20,22-24,26,29,31-32,34-35,38-39,42-43,45,47-48,50-62H2,1-3H3/b12-9+,19-16+,21-18+,28-25+,30-27+,36-33+,40-37+,44-41+,49-46+/t63-/m1/s1. The van der Waals surface area contributed by atoms with Gasteiger partial charge in [-0.2, -0.15) is 0 Å². The number of hydrogen-bond donors (Lipinski definition) is 0. The minimum Gasteiger partial charge on any atom is -0.462 e. The van der Waals surface area contributed by atoms with Crippen molar-refractivity contribution in [2.45, 2.75) is 277 Å². The molecule has 0 aliphatic carbocycles. The van der Waals surface area contributed by atoms with E-state index in [1.165, 1.54) is 122 Å². The van der Waals surface area contributed by atoms with Gasteiger partial charge in [0.15, 0.2) is 6.10 Å². The summed E-state index contributed by atoms with van der Waals surface area (Å²) in [5.41, 5.74) is 0. The lowest BCUT2D eigenvalue weighted by molar-refractivity contribution is -0.167. The molecule has 0 radical (unpaired) electrons. The summed E-state index contributed by atoms with van der Waals surface area (Å²) in [5, 5.41) is 0. The molecule has 6 nitrogen and oxygen atoms in total. The van der Waals surface area contributed by atoms with Crippen LogP contribution in [-0.4, -0.2) is 37.2 Å². The van der Waals surface area contributed by atoms with Crippen LogP contribution in [0.15, 0.2) is 109 Å². The first-order valence-electron chi connectivity index (χ1n) is 29.9. The topological polar surface area (TPSA) is 78.9 Å². The van der Waals surface area contributed by atoms with Crippen LogP contribution in [0, 0.1) is 0 Å². The Morgan fingerprint density at radius 2 is 0.556 bits per heavy atom. The average molecular weight is 1000 g/mol. The van der Waals surface area contributed by atoms with Gasteiger partial charge in [0.2, 0.25) is 0 Å². The van der Waals surface area contributed by atoms with Crippen LogP contribution in [0.2, 0.25) is 0 Å². The lowest BCUT2D eigenvalue weighted by Crippen LogP contribution is -2.30. The third-order valence-electron chi connectivity index (χ3n) is 12.5. The molecule has 0 fully saturated rings. The van der Waals surface area contributed by atoms with E-state index in [1.54, 1.807) is 0 Å². The van der Waals surface area contributed by atoms with Crippen LogP contribution in [0.1, 0.15) is 271 Å². The highest BCUT2D eigenvalue weighted by molar-refractivity contribution is 5.71. The van der Waals surface area contributed by atoms with E-state index in [1.807, 2.05) is 0 Å². The normalized spacial score (nSPS) is 12.9. The van der Waals surface area contributed by atoms with Crippen molar-refractivity contribution in [3.63, 3.8) is 0 Å². The van der Waals surface area contributed by atoms with E-state index in [9.17, 15) is 14.4 Å². The zero-order chi connectivity index (χ0) is 52.2. The fourth-order valence-electron chi connectivity index (χ4n) is 8.05.